The van der Waals surface area contributed by atoms with E-state index in [2.05, 4.69) is 32.5 Å². The molecule has 1 amide bonds. The van der Waals surface area contributed by atoms with Gasteiger partial charge in [-0.15, -0.1) is 0 Å². The first kappa shape index (κ1) is 14.4. The molecule has 23 heavy (non-hydrogen) atoms. The van der Waals surface area contributed by atoms with Crippen molar-refractivity contribution in [2.45, 2.75) is 37.8 Å². The smallest absolute Gasteiger partial charge is 0.229 e. The Kier molecular flexibility index (Phi) is 3.83. The molecule has 0 bridgehead atoms. The molecule has 2 aromatic rings. The lowest BCUT2D eigenvalue weighted by Crippen LogP contribution is -2.31. The molecule has 1 atom stereocenters. The van der Waals surface area contributed by atoms with Crippen LogP contribution in [0.2, 0.25) is 0 Å². The molecule has 2 aliphatic rings. The average Bonchev–Trinajstić information content (AvgIpc) is 3.34. The van der Waals surface area contributed by atoms with E-state index in [1.807, 2.05) is 18.2 Å². The zero-order chi connectivity index (χ0) is 15.6. The Morgan fingerprint density at radius 2 is 2.09 bits per heavy atom. The third-order valence-electron chi connectivity index (χ3n) is 4.48. The van der Waals surface area contributed by atoms with Crippen molar-refractivity contribution in [1.29, 1.82) is 0 Å². The second-order valence-corrected chi connectivity index (χ2v) is 6.27. The van der Waals surface area contributed by atoms with Crippen LogP contribution in [0.25, 0.3) is 0 Å². The van der Waals surface area contributed by atoms with Crippen LogP contribution in [0.1, 0.15) is 48.5 Å². The lowest BCUT2D eigenvalue weighted by Gasteiger charge is -2.28. The van der Waals surface area contributed by atoms with E-state index in [1.54, 1.807) is 0 Å². The average molecular weight is 312 g/mol. The Balaban J connectivity index is 1.56. The maximum atomic E-state index is 12.0. The molecule has 6 heteroatoms. The van der Waals surface area contributed by atoms with Gasteiger partial charge in [0.15, 0.2) is 5.82 Å². The molecule has 1 saturated heterocycles. The summed E-state index contributed by atoms with van der Waals surface area (Å²) < 4.78 is 5.35. The summed E-state index contributed by atoms with van der Waals surface area (Å²) in [5, 5.41) is 7.06. The Morgan fingerprint density at radius 1 is 1.26 bits per heavy atom. The van der Waals surface area contributed by atoms with Crippen molar-refractivity contribution in [1.82, 2.24) is 20.4 Å². The van der Waals surface area contributed by atoms with Gasteiger partial charge in [0, 0.05) is 31.5 Å². The molecule has 1 aromatic carbocycles. The van der Waals surface area contributed by atoms with Gasteiger partial charge in [-0.2, -0.15) is 4.98 Å². The minimum Gasteiger partial charge on any atom is -0.355 e. The quantitative estimate of drug-likeness (QED) is 0.935. The zero-order valence-electron chi connectivity index (χ0n) is 12.9. The summed E-state index contributed by atoms with van der Waals surface area (Å²) in [6.45, 7) is 2.03. The maximum Gasteiger partial charge on any atom is 0.229 e. The Labute approximate surface area is 134 Å². The molecular weight excluding hydrogens is 292 g/mol. The van der Waals surface area contributed by atoms with Gasteiger partial charge < -0.3 is 9.84 Å². The number of nitrogens with zero attached hydrogens (tertiary/aromatic N) is 3. The lowest BCUT2D eigenvalue weighted by atomic mass is 10.0. The first-order valence-electron chi connectivity index (χ1n) is 8.18. The predicted octanol–water partition coefficient (Wildman–Crippen LogP) is 2.01. The molecule has 0 spiro atoms. The molecule has 1 aliphatic carbocycles. The van der Waals surface area contributed by atoms with E-state index >= 15 is 0 Å². The summed E-state index contributed by atoms with van der Waals surface area (Å²) in [4.78, 5) is 18.8. The summed E-state index contributed by atoms with van der Waals surface area (Å²) >= 11 is 0. The first-order chi connectivity index (χ1) is 11.3. The minimum absolute atomic E-state index is 0.0431. The molecule has 1 aromatic heterocycles. The fourth-order valence-corrected chi connectivity index (χ4v) is 3.07. The fourth-order valence-electron chi connectivity index (χ4n) is 3.07. The van der Waals surface area contributed by atoms with Crippen molar-refractivity contribution in [3.05, 3.63) is 47.6 Å². The van der Waals surface area contributed by atoms with Gasteiger partial charge in [0.05, 0.1) is 6.54 Å². The summed E-state index contributed by atoms with van der Waals surface area (Å²) in [5.74, 6) is 2.03. The number of hydrogen-bond donors (Lipinski definition) is 1. The molecule has 6 nitrogen and oxygen atoms in total. The summed E-state index contributed by atoms with van der Waals surface area (Å²) in [5.41, 5.74) is 1.15. The molecule has 120 valence electrons. The van der Waals surface area contributed by atoms with E-state index in [1.165, 1.54) is 0 Å². The molecule has 1 aliphatic heterocycles. The van der Waals surface area contributed by atoms with Crippen LogP contribution in [-0.2, 0) is 11.3 Å². The SMILES string of the molecule is O=C1CC(c2ccccc2)N(Cc2noc(C3CC3)n2)CCN1. The normalized spacial score (nSPS) is 22.6. The van der Waals surface area contributed by atoms with Gasteiger partial charge in [-0.05, 0) is 18.4 Å². The van der Waals surface area contributed by atoms with Gasteiger partial charge in [-0.1, -0.05) is 35.5 Å². The third-order valence-corrected chi connectivity index (χ3v) is 4.48. The summed E-state index contributed by atoms with van der Waals surface area (Å²) in [6, 6.07) is 10.2. The van der Waals surface area contributed by atoms with Crippen LogP contribution < -0.4 is 5.32 Å². The number of benzene rings is 1. The fraction of sp³-hybridized carbons (Fsp3) is 0.471. The number of rotatable bonds is 4. The van der Waals surface area contributed by atoms with E-state index in [0.717, 1.165) is 30.8 Å². The largest absolute Gasteiger partial charge is 0.355 e. The highest BCUT2D eigenvalue weighted by Gasteiger charge is 2.31. The number of hydrogen-bond acceptors (Lipinski definition) is 5. The van der Waals surface area contributed by atoms with Crippen molar-refractivity contribution in [3.8, 4) is 0 Å². The second-order valence-electron chi connectivity index (χ2n) is 6.27. The van der Waals surface area contributed by atoms with Crippen LogP contribution in [0.15, 0.2) is 34.9 Å². The second kappa shape index (κ2) is 6.12. The highest BCUT2D eigenvalue weighted by molar-refractivity contribution is 5.77. The maximum absolute atomic E-state index is 12.0. The molecule has 1 N–H and O–H groups in total. The van der Waals surface area contributed by atoms with Gasteiger partial charge in [0.2, 0.25) is 11.8 Å². The van der Waals surface area contributed by atoms with Crippen molar-refractivity contribution in [2.75, 3.05) is 13.1 Å². The Morgan fingerprint density at radius 3 is 2.87 bits per heavy atom. The summed E-state index contributed by atoms with van der Waals surface area (Å²) in [7, 11) is 0. The van der Waals surface area contributed by atoms with E-state index in [4.69, 9.17) is 4.52 Å². The topological polar surface area (TPSA) is 71.3 Å². The standard InChI is InChI=1S/C17H20N4O2/c22-16-10-14(12-4-2-1-3-5-12)21(9-8-18-16)11-15-19-17(23-20-15)13-6-7-13/h1-5,13-14H,6-11H2,(H,18,22). The van der Waals surface area contributed by atoms with E-state index in [9.17, 15) is 4.79 Å². The molecule has 2 fully saturated rings. The lowest BCUT2D eigenvalue weighted by molar-refractivity contribution is -0.121. The van der Waals surface area contributed by atoms with Gasteiger partial charge in [-0.3, -0.25) is 9.69 Å². The Hall–Kier alpha value is -2.21. The van der Waals surface area contributed by atoms with E-state index in [-0.39, 0.29) is 11.9 Å². The first-order valence-corrected chi connectivity index (χ1v) is 8.18. The van der Waals surface area contributed by atoms with Gasteiger partial charge in [-0.25, -0.2) is 0 Å². The highest BCUT2D eigenvalue weighted by atomic mass is 16.5. The van der Waals surface area contributed by atoms with Crippen molar-refractivity contribution in [3.63, 3.8) is 0 Å². The molecule has 1 unspecified atom stereocenters. The van der Waals surface area contributed by atoms with Crippen LogP contribution in [0.5, 0.6) is 0 Å². The van der Waals surface area contributed by atoms with Crippen molar-refractivity contribution >= 4 is 5.91 Å². The van der Waals surface area contributed by atoms with Crippen molar-refractivity contribution in [2.24, 2.45) is 0 Å². The Bertz CT molecular complexity index is 681. The van der Waals surface area contributed by atoms with Crippen LogP contribution >= 0.6 is 0 Å². The number of carbonyl (C=O) groups is 1. The third kappa shape index (κ3) is 3.27. The number of amides is 1. The number of nitrogens with one attached hydrogen (secondary N) is 1. The highest BCUT2D eigenvalue weighted by Crippen LogP contribution is 2.39. The molecule has 0 radical (unpaired) electrons. The predicted molar refractivity (Wildman–Crippen MR) is 83.5 cm³/mol. The molecule has 2 heterocycles. The van der Waals surface area contributed by atoms with E-state index < -0.39 is 0 Å². The minimum atomic E-state index is 0.0431. The van der Waals surface area contributed by atoms with Crippen molar-refractivity contribution < 1.29 is 9.32 Å². The zero-order valence-corrected chi connectivity index (χ0v) is 12.9. The molecular formula is C17H20N4O2. The van der Waals surface area contributed by atoms with Crippen LogP contribution in [0.3, 0.4) is 0 Å². The van der Waals surface area contributed by atoms with Gasteiger partial charge in [0.1, 0.15) is 0 Å². The van der Waals surface area contributed by atoms with Gasteiger partial charge >= 0.3 is 0 Å². The van der Waals surface area contributed by atoms with Gasteiger partial charge in [0.25, 0.3) is 0 Å². The summed E-state index contributed by atoms with van der Waals surface area (Å²) in [6.07, 6.45) is 2.75. The van der Waals surface area contributed by atoms with Crippen LogP contribution in [-0.4, -0.2) is 34.0 Å². The van der Waals surface area contributed by atoms with Crippen LogP contribution in [0, 0.1) is 0 Å². The number of aromatic nitrogens is 2. The van der Waals surface area contributed by atoms with Crippen LogP contribution in [0.4, 0.5) is 0 Å². The monoisotopic (exact) mass is 312 g/mol. The van der Waals surface area contributed by atoms with E-state index in [0.29, 0.717) is 31.3 Å². The molecule has 4 rings (SSSR count). The molecule has 1 saturated carbocycles. The number of carbonyl (C=O) groups excluding carboxylic acids is 1.